The number of hydrogen-bond acceptors (Lipinski definition) is 6. The molecule has 0 fully saturated rings. The number of hydrogen-bond donors (Lipinski definition) is 2. The van der Waals surface area contributed by atoms with E-state index in [-0.39, 0.29) is 5.95 Å². The Morgan fingerprint density at radius 3 is 2.95 bits per heavy atom. The summed E-state index contributed by atoms with van der Waals surface area (Å²) in [4.78, 5) is 12.9. The van der Waals surface area contributed by atoms with Gasteiger partial charge in [0.25, 0.3) is 0 Å². The van der Waals surface area contributed by atoms with E-state index >= 15 is 0 Å². The molecule has 0 saturated carbocycles. The molecule has 3 rings (SSSR count). The molecule has 0 radical (unpaired) electrons. The minimum absolute atomic E-state index is 0.253. The molecular formula is C15H18N6O. The van der Waals surface area contributed by atoms with Crippen molar-refractivity contribution >= 4 is 22.8 Å². The fourth-order valence-electron chi connectivity index (χ4n) is 2.32. The first-order chi connectivity index (χ1) is 10.8. The minimum Gasteiger partial charge on any atom is -0.383 e. The summed E-state index contributed by atoms with van der Waals surface area (Å²) in [5.74, 6) is 0.962. The molecule has 0 aliphatic carbocycles. The lowest BCUT2D eigenvalue weighted by Crippen LogP contribution is -2.12. The topological polar surface area (TPSA) is 90.9 Å². The first-order valence-electron chi connectivity index (χ1n) is 7.03. The molecule has 3 aromatic heterocycles. The maximum absolute atomic E-state index is 5.78. The van der Waals surface area contributed by atoms with Gasteiger partial charge in [0.2, 0.25) is 5.95 Å². The van der Waals surface area contributed by atoms with Crippen LogP contribution in [0.3, 0.4) is 0 Å². The number of nitrogen functional groups attached to an aromatic ring is 1. The summed E-state index contributed by atoms with van der Waals surface area (Å²) in [6, 6.07) is 7.79. The van der Waals surface area contributed by atoms with Crippen LogP contribution in [0.5, 0.6) is 0 Å². The molecule has 114 valence electrons. The predicted octanol–water partition coefficient (Wildman–Crippen LogP) is 1.52. The molecule has 3 aromatic rings. The summed E-state index contributed by atoms with van der Waals surface area (Å²) >= 11 is 0. The van der Waals surface area contributed by atoms with Gasteiger partial charge < -0.3 is 20.4 Å². The van der Waals surface area contributed by atoms with Crippen molar-refractivity contribution in [2.24, 2.45) is 0 Å². The van der Waals surface area contributed by atoms with Gasteiger partial charge in [-0.15, -0.1) is 0 Å². The van der Waals surface area contributed by atoms with Crippen molar-refractivity contribution in [3.8, 4) is 0 Å². The lowest BCUT2D eigenvalue weighted by molar-refractivity contribution is 0.210. The highest BCUT2D eigenvalue weighted by atomic mass is 16.5. The Hall–Kier alpha value is -2.67. The second-order valence-corrected chi connectivity index (χ2v) is 4.85. The van der Waals surface area contributed by atoms with Crippen LogP contribution >= 0.6 is 0 Å². The summed E-state index contributed by atoms with van der Waals surface area (Å²) in [5, 5.41) is 3.24. The van der Waals surface area contributed by atoms with Gasteiger partial charge in [0.05, 0.1) is 24.4 Å². The number of methoxy groups -OCH3 is 1. The molecule has 0 atom stereocenters. The zero-order chi connectivity index (χ0) is 15.4. The van der Waals surface area contributed by atoms with E-state index in [1.165, 1.54) is 0 Å². The van der Waals surface area contributed by atoms with E-state index < -0.39 is 0 Å². The number of rotatable bonds is 6. The smallest absolute Gasteiger partial charge is 0.222 e. The van der Waals surface area contributed by atoms with Crippen LogP contribution in [-0.4, -0.2) is 39.8 Å². The summed E-state index contributed by atoms with van der Waals surface area (Å²) in [5.41, 5.74) is 8.47. The molecule has 3 N–H and O–H groups in total. The molecule has 22 heavy (non-hydrogen) atoms. The number of nitrogens with two attached hydrogens (primary N) is 1. The van der Waals surface area contributed by atoms with Gasteiger partial charge in [0.1, 0.15) is 5.52 Å². The van der Waals surface area contributed by atoms with Crippen LogP contribution in [0, 0.1) is 0 Å². The van der Waals surface area contributed by atoms with Crippen molar-refractivity contribution in [2.75, 3.05) is 31.3 Å². The van der Waals surface area contributed by atoms with Gasteiger partial charge in [0.15, 0.2) is 5.82 Å². The van der Waals surface area contributed by atoms with Crippen LogP contribution in [0.15, 0.2) is 36.7 Å². The van der Waals surface area contributed by atoms with E-state index in [0.717, 1.165) is 16.7 Å². The van der Waals surface area contributed by atoms with Crippen molar-refractivity contribution in [3.05, 3.63) is 42.4 Å². The monoisotopic (exact) mass is 298 g/mol. The molecule has 0 bridgehead atoms. The Morgan fingerprint density at radius 2 is 2.18 bits per heavy atom. The molecule has 3 heterocycles. The zero-order valence-corrected chi connectivity index (χ0v) is 12.4. The fourth-order valence-corrected chi connectivity index (χ4v) is 2.32. The van der Waals surface area contributed by atoms with Crippen molar-refractivity contribution < 1.29 is 4.74 Å². The summed E-state index contributed by atoms with van der Waals surface area (Å²) in [6.45, 7) is 1.89. The second-order valence-electron chi connectivity index (χ2n) is 4.85. The lowest BCUT2D eigenvalue weighted by Gasteiger charge is -2.11. The van der Waals surface area contributed by atoms with Crippen LogP contribution in [0.25, 0.3) is 11.0 Å². The molecule has 0 aromatic carbocycles. The molecule has 0 aliphatic rings. The van der Waals surface area contributed by atoms with Crippen LogP contribution in [0.2, 0.25) is 0 Å². The van der Waals surface area contributed by atoms with Gasteiger partial charge in [-0.3, -0.25) is 4.98 Å². The van der Waals surface area contributed by atoms with E-state index in [1.807, 2.05) is 30.5 Å². The number of nitrogens with zero attached hydrogens (tertiary/aromatic N) is 4. The Morgan fingerprint density at radius 1 is 1.27 bits per heavy atom. The van der Waals surface area contributed by atoms with Crippen molar-refractivity contribution in [1.29, 1.82) is 0 Å². The molecule has 7 heteroatoms. The predicted molar refractivity (Wildman–Crippen MR) is 85.6 cm³/mol. The number of pyridine rings is 1. The van der Waals surface area contributed by atoms with Crippen LogP contribution in [0.4, 0.5) is 11.8 Å². The van der Waals surface area contributed by atoms with Gasteiger partial charge in [0, 0.05) is 26.0 Å². The fraction of sp³-hybridized carbons (Fsp3) is 0.267. The second kappa shape index (κ2) is 6.40. The van der Waals surface area contributed by atoms with Gasteiger partial charge in [-0.1, -0.05) is 6.07 Å². The summed E-state index contributed by atoms with van der Waals surface area (Å²) in [6.07, 6.45) is 3.75. The molecular weight excluding hydrogens is 280 g/mol. The molecule has 0 unspecified atom stereocenters. The quantitative estimate of drug-likeness (QED) is 0.670. The third-order valence-electron chi connectivity index (χ3n) is 3.28. The third-order valence-corrected chi connectivity index (χ3v) is 3.28. The highest BCUT2D eigenvalue weighted by molar-refractivity contribution is 5.87. The van der Waals surface area contributed by atoms with Gasteiger partial charge in [-0.05, 0) is 18.2 Å². The Labute approximate surface area is 128 Å². The van der Waals surface area contributed by atoms with Crippen molar-refractivity contribution in [2.45, 2.75) is 6.54 Å². The zero-order valence-electron chi connectivity index (χ0n) is 12.4. The molecule has 0 amide bonds. The Bertz CT molecular complexity index is 755. The average Bonchev–Trinajstić information content (AvgIpc) is 2.91. The number of nitrogens with one attached hydrogen (secondary N) is 1. The Balaban J connectivity index is 1.96. The van der Waals surface area contributed by atoms with Crippen LogP contribution < -0.4 is 11.1 Å². The van der Waals surface area contributed by atoms with Crippen molar-refractivity contribution in [3.63, 3.8) is 0 Å². The van der Waals surface area contributed by atoms with E-state index in [2.05, 4.69) is 24.8 Å². The third kappa shape index (κ3) is 2.99. The first-order valence-corrected chi connectivity index (χ1v) is 7.03. The SMILES string of the molecule is COCCNc1nc(N)nc2ccn(Cc3ccccn3)c12. The normalized spacial score (nSPS) is 11.0. The maximum atomic E-state index is 5.78. The molecule has 0 spiro atoms. The van der Waals surface area contributed by atoms with Crippen LogP contribution in [0.1, 0.15) is 5.69 Å². The van der Waals surface area contributed by atoms with E-state index in [9.17, 15) is 0 Å². The van der Waals surface area contributed by atoms with Gasteiger partial charge in [-0.2, -0.15) is 4.98 Å². The van der Waals surface area contributed by atoms with E-state index in [1.54, 1.807) is 13.3 Å². The van der Waals surface area contributed by atoms with Crippen LogP contribution in [-0.2, 0) is 11.3 Å². The number of anilines is 2. The number of fused-ring (bicyclic) bond motifs is 1. The maximum Gasteiger partial charge on any atom is 0.222 e. The van der Waals surface area contributed by atoms with E-state index in [0.29, 0.717) is 25.5 Å². The number of ether oxygens (including phenoxy) is 1. The standard InChI is InChI=1S/C15H18N6O/c1-22-9-7-18-14-13-12(19-15(16)20-14)5-8-21(13)10-11-4-2-3-6-17-11/h2-6,8H,7,9-10H2,1H3,(H3,16,18,19,20). The molecule has 0 saturated heterocycles. The molecule has 0 aliphatic heterocycles. The van der Waals surface area contributed by atoms with E-state index in [4.69, 9.17) is 10.5 Å². The average molecular weight is 298 g/mol. The summed E-state index contributed by atoms with van der Waals surface area (Å²) in [7, 11) is 1.66. The highest BCUT2D eigenvalue weighted by Gasteiger charge is 2.11. The highest BCUT2D eigenvalue weighted by Crippen LogP contribution is 2.23. The summed E-state index contributed by atoms with van der Waals surface area (Å²) < 4.78 is 7.12. The lowest BCUT2D eigenvalue weighted by atomic mass is 10.3. The van der Waals surface area contributed by atoms with Gasteiger partial charge in [-0.25, -0.2) is 4.98 Å². The largest absolute Gasteiger partial charge is 0.383 e. The minimum atomic E-state index is 0.253. The van der Waals surface area contributed by atoms with Gasteiger partial charge >= 0.3 is 0 Å². The van der Waals surface area contributed by atoms with Crippen molar-refractivity contribution in [1.82, 2.24) is 19.5 Å². The Kier molecular flexibility index (Phi) is 4.15. The first kappa shape index (κ1) is 14.3. The molecule has 7 nitrogen and oxygen atoms in total. The number of aromatic nitrogens is 4.